The number of allylic oxidation sites excluding steroid dienone is 1. The molecule has 0 N–H and O–H groups in total. The first-order chi connectivity index (χ1) is 9.93. The lowest BCUT2D eigenvalue weighted by molar-refractivity contribution is 1.08. The fraction of sp³-hybridized carbons (Fsp3) is 0.250. The van der Waals surface area contributed by atoms with Gasteiger partial charge in [0.2, 0.25) is 0 Å². The Labute approximate surface area is 129 Å². The highest BCUT2D eigenvalue weighted by molar-refractivity contribution is 6.02. The quantitative estimate of drug-likeness (QED) is 0.642. The molecule has 1 heterocycles. The number of rotatable bonds is 2. The van der Waals surface area contributed by atoms with Gasteiger partial charge in [0, 0.05) is 11.9 Å². The van der Waals surface area contributed by atoms with Gasteiger partial charge in [-0.15, -0.1) is 0 Å². The van der Waals surface area contributed by atoms with E-state index in [-0.39, 0.29) is 7.43 Å². The minimum atomic E-state index is 0. The Kier molecular flexibility index (Phi) is 7.17. The van der Waals surface area contributed by atoms with E-state index < -0.39 is 0 Å². The van der Waals surface area contributed by atoms with Gasteiger partial charge in [-0.1, -0.05) is 81.9 Å². The molecule has 0 bridgehead atoms. The van der Waals surface area contributed by atoms with Crippen molar-refractivity contribution < 1.29 is 0 Å². The summed E-state index contributed by atoms with van der Waals surface area (Å²) in [5, 5.41) is 0. The van der Waals surface area contributed by atoms with E-state index in [1.54, 1.807) is 0 Å². The van der Waals surface area contributed by atoms with E-state index in [0.29, 0.717) is 0 Å². The van der Waals surface area contributed by atoms with Crippen LogP contribution < -0.4 is 0 Å². The van der Waals surface area contributed by atoms with E-state index in [0.717, 1.165) is 12.8 Å². The SMILES string of the molecule is C.C1=C(c2ccccc2)CCC(c2ccccc2)=N1.CC. The molecule has 0 saturated heterocycles. The largest absolute Gasteiger partial charge is 0.260 e. The zero-order valence-corrected chi connectivity index (χ0v) is 12.2. The Morgan fingerprint density at radius 3 is 1.71 bits per heavy atom. The third-order valence-electron chi connectivity index (χ3n) is 3.26. The van der Waals surface area contributed by atoms with Gasteiger partial charge < -0.3 is 0 Å². The zero-order chi connectivity index (χ0) is 14.2. The summed E-state index contributed by atoms with van der Waals surface area (Å²) in [4.78, 5) is 4.61. The summed E-state index contributed by atoms with van der Waals surface area (Å²) in [6.45, 7) is 4.00. The highest BCUT2D eigenvalue weighted by Gasteiger charge is 2.10. The molecule has 1 nitrogen and oxygen atoms in total. The van der Waals surface area contributed by atoms with Gasteiger partial charge in [0.05, 0.1) is 0 Å². The molecule has 110 valence electrons. The van der Waals surface area contributed by atoms with Crippen LogP contribution in [0.2, 0.25) is 0 Å². The van der Waals surface area contributed by atoms with Crippen molar-refractivity contribution in [2.24, 2.45) is 4.99 Å². The molecule has 0 radical (unpaired) electrons. The summed E-state index contributed by atoms with van der Waals surface area (Å²) >= 11 is 0. The van der Waals surface area contributed by atoms with Crippen LogP contribution in [0.3, 0.4) is 0 Å². The van der Waals surface area contributed by atoms with Gasteiger partial charge in [0.25, 0.3) is 0 Å². The van der Waals surface area contributed by atoms with E-state index in [4.69, 9.17) is 0 Å². The molecule has 2 aromatic rings. The van der Waals surface area contributed by atoms with Crippen molar-refractivity contribution in [1.82, 2.24) is 0 Å². The molecule has 0 aromatic heterocycles. The molecule has 0 spiro atoms. The normalized spacial score (nSPS) is 13.0. The predicted octanol–water partition coefficient (Wildman–Crippen LogP) is 5.97. The molecule has 0 unspecified atom stereocenters. The van der Waals surface area contributed by atoms with Crippen molar-refractivity contribution >= 4 is 11.3 Å². The van der Waals surface area contributed by atoms with Crippen molar-refractivity contribution in [3.63, 3.8) is 0 Å². The maximum atomic E-state index is 4.61. The van der Waals surface area contributed by atoms with Crippen LogP contribution >= 0.6 is 0 Å². The molecule has 21 heavy (non-hydrogen) atoms. The number of hydrogen-bond acceptors (Lipinski definition) is 1. The minimum Gasteiger partial charge on any atom is -0.260 e. The van der Waals surface area contributed by atoms with Crippen LogP contribution in [0, 0.1) is 0 Å². The highest BCUT2D eigenvalue weighted by atomic mass is 14.7. The zero-order valence-electron chi connectivity index (χ0n) is 12.2. The summed E-state index contributed by atoms with van der Waals surface area (Å²) in [7, 11) is 0. The summed E-state index contributed by atoms with van der Waals surface area (Å²) in [6, 6.07) is 20.9. The molecule has 1 aliphatic rings. The van der Waals surface area contributed by atoms with Crippen molar-refractivity contribution in [1.29, 1.82) is 0 Å². The molecule has 0 amide bonds. The smallest absolute Gasteiger partial charge is 0.0479 e. The molecular formula is C20H25N. The second-order valence-corrected chi connectivity index (χ2v) is 4.46. The summed E-state index contributed by atoms with van der Waals surface area (Å²) < 4.78 is 0. The maximum Gasteiger partial charge on any atom is 0.0479 e. The maximum absolute atomic E-state index is 4.61. The molecule has 0 fully saturated rings. The molecule has 3 rings (SSSR count). The van der Waals surface area contributed by atoms with Crippen LogP contribution in [0.1, 0.15) is 45.2 Å². The summed E-state index contributed by atoms with van der Waals surface area (Å²) in [6.07, 6.45) is 4.10. The van der Waals surface area contributed by atoms with Gasteiger partial charge in [-0.3, -0.25) is 4.99 Å². The third kappa shape index (κ3) is 4.42. The van der Waals surface area contributed by atoms with E-state index in [2.05, 4.69) is 53.5 Å². The number of nitrogens with zero attached hydrogens (tertiary/aromatic N) is 1. The Morgan fingerprint density at radius 1 is 0.714 bits per heavy atom. The van der Waals surface area contributed by atoms with E-state index in [1.165, 1.54) is 22.4 Å². The van der Waals surface area contributed by atoms with E-state index in [1.807, 2.05) is 32.2 Å². The predicted molar refractivity (Wildman–Crippen MR) is 94.7 cm³/mol. The number of aliphatic imine (C=N–C) groups is 1. The van der Waals surface area contributed by atoms with Crippen LogP contribution in [0.4, 0.5) is 0 Å². The van der Waals surface area contributed by atoms with Crippen LogP contribution in [0.5, 0.6) is 0 Å². The topological polar surface area (TPSA) is 12.4 Å². The fourth-order valence-electron chi connectivity index (χ4n) is 2.26. The Morgan fingerprint density at radius 2 is 1.24 bits per heavy atom. The summed E-state index contributed by atoms with van der Waals surface area (Å²) in [5.74, 6) is 0. The van der Waals surface area contributed by atoms with Crippen molar-refractivity contribution in [3.05, 3.63) is 78.0 Å². The van der Waals surface area contributed by atoms with Gasteiger partial charge >= 0.3 is 0 Å². The number of benzene rings is 2. The van der Waals surface area contributed by atoms with E-state index in [9.17, 15) is 0 Å². The molecule has 1 heteroatoms. The lowest BCUT2D eigenvalue weighted by atomic mass is 9.96. The molecular weight excluding hydrogens is 254 g/mol. The first-order valence-electron chi connectivity index (χ1n) is 7.30. The Hall–Kier alpha value is -2.15. The van der Waals surface area contributed by atoms with E-state index >= 15 is 0 Å². The monoisotopic (exact) mass is 279 g/mol. The Bertz CT molecular complexity index is 524. The van der Waals surface area contributed by atoms with Gasteiger partial charge in [-0.05, 0) is 29.5 Å². The van der Waals surface area contributed by atoms with Gasteiger partial charge in [0.1, 0.15) is 0 Å². The minimum absolute atomic E-state index is 0. The lowest BCUT2D eigenvalue weighted by Crippen LogP contribution is -2.04. The molecule has 1 aliphatic heterocycles. The first kappa shape index (κ1) is 16.9. The van der Waals surface area contributed by atoms with Gasteiger partial charge in [0.15, 0.2) is 0 Å². The van der Waals surface area contributed by atoms with Crippen LogP contribution in [0.15, 0.2) is 71.9 Å². The van der Waals surface area contributed by atoms with Crippen molar-refractivity contribution in [2.45, 2.75) is 34.1 Å². The summed E-state index contributed by atoms with van der Waals surface area (Å²) in [5.41, 5.74) is 5.04. The molecule has 0 aliphatic carbocycles. The van der Waals surface area contributed by atoms with Gasteiger partial charge in [-0.25, -0.2) is 0 Å². The van der Waals surface area contributed by atoms with Gasteiger partial charge in [-0.2, -0.15) is 0 Å². The van der Waals surface area contributed by atoms with Crippen LogP contribution in [0.25, 0.3) is 5.57 Å². The second kappa shape index (κ2) is 8.91. The highest BCUT2D eigenvalue weighted by Crippen LogP contribution is 2.25. The number of hydrogen-bond donors (Lipinski definition) is 0. The van der Waals surface area contributed by atoms with Crippen molar-refractivity contribution in [3.8, 4) is 0 Å². The first-order valence-corrected chi connectivity index (χ1v) is 7.30. The second-order valence-electron chi connectivity index (χ2n) is 4.46. The molecule has 2 aromatic carbocycles. The van der Waals surface area contributed by atoms with Crippen molar-refractivity contribution in [2.75, 3.05) is 0 Å². The molecule has 0 atom stereocenters. The molecule has 0 saturated carbocycles. The average Bonchev–Trinajstić information content (AvgIpc) is 2.58. The third-order valence-corrected chi connectivity index (χ3v) is 3.26. The van der Waals surface area contributed by atoms with Crippen LogP contribution in [-0.2, 0) is 0 Å². The Balaban J connectivity index is 0.000000706. The average molecular weight is 279 g/mol. The lowest BCUT2D eigenvalue weighted by Gasteiger charge is -2.14. The fourth-order valence-corrected chi connectivity index (χ4v) is 2.26. The van der Waals surface area contributed by atoms with Crippen LogP contribution in [-0.4, -0.2) is 5.71 Å². The standard InChI is InChI=1S/C17H15N.C2H6.CH4/c1-3-7-14(8-4-1)16-11-12-17(18-13-16)15-9-5-2-6-10-15;1-2;/h1-10,13H,11-12H2;1-2H3;1H4.